The molecule has 1 fully saturated rings. The SMILES string of the molecule is Cc1cn2nc(-c3ccc(-c4ccc(C5CN(C)C5)nn4)c(O)c3)cc(C)c2n1. The zero-order valence-electron chi connectivity index (χ0n) is 16.7. The highest BCUT2D eigenvalue weighted by atomic mass is 16.3. The van der Waals surface area contributed by atoms with E-state index in [1.807, 2.05) is 50.4 Å². The summed E-state index contributed by atoms with van der Waals surface area (Å²) < 4.78 is 1.78. The minimum Gasteiger partial charge on any atom is -0.507 e. The van der Waals surface area contributed by atoms with Crippen molar-refractivity contribution in [1.29, 1.82) is 0 Å². The van der Waals surface area contributed by atoms with Gasteiger partial charge in [0.15, 0.2) is 5.65 Å². The molecule has 1 N–H and O–H groups in total. The lowest BCUT2D eigenvalue weighted by Gasteiger charge is -2.35. The van der Waals surface area contributed by atoms with Gasteiger partial charge in [-0.25, -0.2) is 9.50 Å². The highest BCUT2D eigenvalue weighted by Gasteiger charge is 2.26. The van der Waals surface area contributed by atoms with Gasteiger partial charge in [0.2, 0.25) is 0 Å². The van der Waals surface area contributed by atoms with Crippen molar-refractivity contribution in [1.82, 2.24) is 29.7 Å². The zero-order chi connectivity index (χ0) is 20.1. The van der Waals surface area contributed by atoms with Crippen LogP contribution in [0.1, 0.15) is 22.9 Å². The fraction of sp³-hybridized carbons (Fsp3) is 0.273. The van der Waals surface area contributed by atoms with Crippen LogP contribution < -0.4 is 0 Å². The van der Waals surface area contributed by atoms with E-state index in [0.29, 0.717) is 17.2 Å². The topological polar surface area (TPSA) is 79.4 Å². The molecule has 3 aromatic heterocycles. The number of phenolic OH excluding ortho intramolecular Hbond substituents is 1. The summed E-state index contributed by atoms with van der Waals surface area (Å²) in [6.07, 6.45) is 1.90. The average molecular weight is 386 g/mol. The molecule has 146 valence electrons. The Morgan fingerprint density at radius 3 is 2.52 bits per heavy atom. The summed E-state index contributed by atoms with van der Waals surface area (Å²) in [5, 5.41) is 24.0. The summed E-state index contributed by atoms with van der Waals surface area (Å²) in [6, 6.07) is 11.5. The highest BCUT2D eigenvalue weighted by Crippen LogP contribution is 2.33. The predicted molar refractivity (Wildman–Crippen MR) is 111 cm³/mol. The average Bonchev–Trinajstić information content (AvgIpc) is 3.07. The quantitative estimate of drug-likeness (QED) is 0.582. The van der Waals surface area contributed by atoms with Crippen molar-refractivity contribution in [3.63, 3.8) is 0 Å². The summed E-state index contributed by atoms with van der Waals surface area (Å²) in [5.74, 6) is 0.614. The molecule has 0 saturated carbocycles. The van der Waals surface area contributed by atoms with Crippen molar-refractivity contribution in [3.8, 4) is 28.3 Å². The van der Waals surface area contributed by atoms with E-state index in [2.05, 4.69) is 32.2 Å². The number of aromatic hydroxyl groups is 1. The molecule has 0 bridgehead atoms. The van der Waals surface area contributed by atoms with Crippen LogP contribution >= 0.6 is 0 Å². The number of phenols is 1. The molecule has 4 aromatic rings. The number of imidazole rings is 1. The van der Waals surface area contributed by atoms with Crippen LogP contribution in [-0.2, 0) is 0 Å². The molecule has 1 saturated heterocycles. The van der Waals surface area contributed by atoms with Crippen molar-refractivity contribution in [2.24, 2.45) is 0 Å². The molecule has 1 aliphatic rings. The molecular weight excluding hydrogens is 364 g/mol. The van der Waals surface area contributed by atoms with Crippen LogP contribution in [0.5, 0.6) is 5.75 Å². The van der Waals surface area contributed by atoms with Gasteiger partial charge in [0.25, 0.3) is 0 Å². The van der Waals surface area contributed by atoms with E-state index < -0.39 is 0 Å². The third-order valence-electron chi connectivity index (χ3n) is 5.47. The number of nitrogens with zero attached hydrogens (tertiary/aromatic N) is 6. The first kappa shape index (κ1) is 17.8. The van der Waals surface area contributed by atoms with Gasteiger partial charge in [-0.3, -0.25) is 0 Å². The normalized spacial score (nSPS) is 15.0. The van der Waals surface area contributed by atoms with Gasteiger partial charge in [-0.1, -0.05) is 6.07 Å². The second kappa shape index (κ2) is 6.63. The number of fused-ring (bicyclic) bond motifs is 1. The Kier molecular flexibility index (Phi) is 4.06. The second-order valence-electron chi connectivity index (χ2n) is 7.86. The van der Waals surface area contributed by atoms with Crippen molar-refractivity contribution >= 4 is 5.65 Å². The Morgan fingerprint density at radius 2 is 1.83 bits per heavy atom. The minimum atomic E-state index is 0.161. The Balaban J connectivity index is 1.46. The Morgan fingerprint density at radius 1 is 1.00 bits per heavy atom. The first-order valence-electron chi connectivity index (χ1n) is 9.67. The molecular formula is C22H22N6O. The van der Waals surface area contributed by atoms with Crippen molar-refractivity contribution in [3.05, 3.63) is 59.5 Å². The van der Waals surface area contributed by atoms with Gasteiger partial charge in [-0.2, -0.15) is 15.3 Å². The van der Waals surface area contributed by atoms with E-state index in [1.54, 1.807) is 10.6 Å². The number of hydrogen-bond acceptors (Lipinski definition) is 6. The van der Waals surface area contributed by atoms with E-state index >= 15 is 0 Å². The first-order valence-corrected chi connectivity index (χ1v) is 9.67. The smallest absolute Gasteiger partial charge is 0.156 e. The minimum absolute atomic E-state index is 0.161. The monoisotopic (exact) mass is 386 g/mol. The van der Waals surface area contributed by atoms with Gasteiger partial charge in [-0.05, 0) is 56.8 Å². The maximum atomic E-state index is 10.6. The summed E-state index contributed by atoms with van der Waals surface area (Å²) in [4.78, 5) is 6.74. The Bertz CT molecular complexity index is 1210. The maximum absolute atomic E-state index is 10.6. The predicted octanol–water partition coefficient (Wildman–Crippen LogP) is 3.20. The summed E-state index contributed by atoms with van der Waals surface area (Å²) in [7, 11) is 2.10. The van der Waals surface area contributed by atoms with Crippen molar-refractivity contribution < 1.29 is 5.11 Å². The van der Waals surface area contributed by atoms with Gasteiger partial charge in [0.1, 0.15) is 5.75 Å². The second-order valence-corrected chi connectivity index (χ2v) is 7.86. The van der Waals surface area contributed by atoms with Gasteiger partial charge in [0, 0.05) is 30.1 Å². The van der Waals surface area contributed by atoms with Crippen LogP contribution in [0.15, 0.2) is 42.6 Å². The molecule has 7 heteroatoms. The molecule has 1 aliphatic heterocycles. The molecule has 5 rings (SSSR count). The molecule has 0 unspecified atom stereocenters. The van der Waals surface area contributed by atoms with Gasteiger partial charge in [0.05, 0.1) is 29.0 Å². The van der Waals surface area contributed by atoms with Crippen LogP contribution in [0.3, 0.4) is 0 Å². The van der Waals surface area contributed by atoms with Gasteiger partial charge >= 0.3 is 0 Å². The molecule has 0 amide bonds. The van der Waals surface area contributed by atoms with Crippen LogP contribution in [0, 0.1) is 13.8 Å². The number of hydrogen-bond donors (Lipinski definition) is 1. The van der Waals surface area contributed by atoms with Crippen molar-refractivity contribution in [2.75, 3.05) is 20.1 Å². The van der Waals surface area contributed by atoms with Crippen LogP contribution in [-0.4, -0.2) is 54.9 Å². The number of aromatic nitrogens is 5. The third-order valence-corrected chi connectivity index (χ3v) is 5.47. The highest BCUT2D eigenvalue weighted by molar-refractivity contribution is 5.73. The summed E-state index contributed by atoms with van der Waals surface area (Å²) >= 11 is 0. The Labute approximate surface area is 168 Å². The molecule has 1 aromatic carbocycles. The molecule has 4 heterocycles. The fourth-order valence-electron chi connectivity index (χ4n) is 3.88. The van der Waals surface area contributed by atoms with Gasteiger partial charge < -0.3 is 10.0 Å². The molecule has 0 spiro atoms. The Hall–Kier alpha value is -3.32. The number of benzene rings is 1. The van der Waals surface area contributed by atoms with E-state index in [0.717, 1.165) is 46.9 Å². The van der Waals surface area contributed by atoms with E-state index in [9.17, 15) is 5.11 Å². The maximum Gasteiger partial charge on any atom is 0.156 e. The number of likely N-dealkylation sites (tertiary alicyclic amines) is 1. The molecule has 29 heavy (non-hydrogen) atoms. The summed E-state index contributed by atoms with van der Waals surface area (Å²) in [5.41, 5.74) is 6.76. The molecule has 0 atom stereocenters. The number of rotatable bonds is 3. The number of aryl methyl sites for hydroxylation is 2. The molecule has 0 aliphatic carbocycles. The lowest BCUT2D eigenvalue weighted by molar-refractivity contribution is 0.186. The lowest BCUT2D eigenvalue weighted by Crippen LogP contribution is -2.42. The van der Waals surface area contributed by atoms with Crippen molar-refractivity contribution in [2.45, 2.75) is 19.8 Å². The third kappa shape index (κ3) is 3.13. The van der Waals surface area contributed by atoms with E-state index in [-0.39, 0.29) is 5.75 Å². The lowest BCUT2D eigenvalue weighted by atomic mass is 9.96. The van der Waals surface area contributed by atoms with E-state index in [4.69, 9.17) is 0 Å². The molecule has 0 radical (unpaired) electrons. The van der Waals surface area contributed by atoms with Crippen LogP contribution in [0.2, 0.25) is 0 Å². The number of likely N-dealkylation sites (N-methyl/N-ethyl adjacent to an activating group) is 1. The fourth-order valence-corrected chi connectivity index (χ4v) is 3.88. The molecule has 7 nitrogen and oxygen atoms in total. The standard InChI is InChI=1S/C22H22N6O/c1-13-8-20(26-28-10-14(2)23-22(13)28)15-4-5-17(21(29)9-15)19-7-6-18(24-25-19)16-11-27(3)12-16/h4-10,16,29H,11-12H2,1-3H3. The van der Waals surface area contributed by atoms with Gasteiger partial charge in [-0.15, -0.1) is 0 Å². The van der Waals surface area contributed by atoms with E-state index in [1.165, 1.54) is 0 Å². The first-order chi connectivity index (χ1) is 14.0. The van der Waals surface area contributed by atoms with Crippen LogP contribution in [0.4, 0.5) is 0 Å². The van der Waals surface area contributed by atoms with Crippen LogP contribution in [0.25, 0.3) is 28.2 Å². The largest absolute Gasteiger partial charge is 0.507 e. The zero-order valence-corrected chi connectivity index (χ0v) is 16.7. The summed E-state index contributed by atoms with van der Waals surface area (Å²) in [6.45, 7) is 5.99.